The maximum atomic E-state index is 12.7. The summed E-state index contributed by atoms with van der Waals surface area (Å²) in [5.41, 5.74) is -1.95. The first kappa shape index (κ1) is 18.0. The van der Waals surface area contributed by atoms with E-state index in [1.807, 2.05) is 0 Å². The number of hydrogen-bond donors (Lipinski definition) is 1. The lowest BCUT2D eigenvalue weighted by atomic mass is 9.82. The van der Waals surface area contributed by atoms with Gasteiger partial charge in [0.15, 0.2) is 0 Å². The Morgan fingerprint density at radius 3 is 2.52 bits per heavy atom. The molecule has 0 amide bonds. The molecule has 1 saturated heterocycles. The summed E-state index contributed by atoms with van der Waals surface area (Å²) >= 11 is 0. The van der Waals surface area contributed by atoms with Crippen LogP contribution in [0.4, 0.5) is 13.2 Å². The van der Waals surface area contributed by atoms with Crippen LogP contribution in [0, 0.1) is 5.92 Å². The Kier molecular flexibility index (Phi) is 4.95. The number of carbonyl (C=O) groups is 1. The summed E-state index contributed by atoms with van der Waals surface area (Å²) in [4.78, 5) is 12.6. The van der Waals surface area contributed by atoms with Crippen LogP contribution in [-0.2, 0) is 15.7 Å². The van der Waals surface area contributed by atoms with Crippen molar-refractivity contribution in [3.05, 3.63) is 29.8 Å². The van der Waals surface area contributed by atoms with Crippen molar-refractivity contribution in [1.82, 2.24) is 5.32 Å². The summed E-state index contributed by atoms with van der Waals surface area (Å²) in [6.07, 6.45) is -0.122. The number of nitrogens with one attached hydrogen (secondary N) is 1. The molecular formula is C18H22F3NO3. The van der Waals surface area contributed by atoms with E-state index in [9.17, 15) is 18.0 Å². The van der Waals surface area contributed by atoms with Crippen LogP contribution in [0.1, 0.15) is 37.7 Å². The number of ether oxygens (including phenoxy) is 2. The Hall–Kier alpha value is -1.76. The van der Waals surface area contributed by atoms with Gasteiger partial charge >= 0.3 is 12.1 Å². The summed E-state index contributed by atoms with van der Waals surface area (Å²) in [7, 11) is 1.31. The van der Waals surface area contributed by atoms with Gasteiger partial charge in [0.25, 0.3) is 0 Å². The van der Waals surface area contributed by atoms with Gasteiger partial charge in [0, 0.05) is 6.42 Å². The van der Waals surface area contributed by atoms with Crippen LogP contribution in [0.25, 0.3) is 0 Å². The van der Waals surface area contributed by atoms with E-state index in [1.54, 1.807) is 0 Å². The van der Waals surface area contributed by atoms with Crippen LogP contribution in [0.3, 0.4) is 0 Å². The van der Waals surface area contributed by atoms with Gasteiger partial charge < -0.3 is 14.8 Å². The third-order valence-electron chi connectivity index (χ3n) is 4.96. The molecule has 2 atom stereocenters. The predicted octanol–water partition coefficient (Wildman–Crippen LogP) is 3.55. The number of benzene rings is 1. The van der Waals surface area contributed by atoms with Crippen LogP contribution in [0.2, 0.25) is 0 Å². The predicted molar refractivity (Wildman–Crippen MR) is 85.2 cm³/mol. The Morgan fingerprint density at radius 2 is 1.96 bits per heavy atom. The molecule has 2 aliphatic rings. The van der Waals surface area contributed by atoms with Crippen molar-refractivity contribution in [1.29, 1.82) is 0 Å². The van der Waals surface area contributed by atoms with E-state index in [2.05, 4.69) is 5.32 Å². The lowest BCUT2D eigenvalue weighted by Gasteiger charge is -2.42. The third-order valence-corrected chi connectivity index (χ3v) is 4.96. The van der Waals surface area contributed by atoms with Gasteiger partial charge in [-0.15, -0.1) is 0 Å². The number of carbonyl (C=O) groups excluding carboxylic acids is 1. The van der Waals surface area contributed by atoms with E-state index < -0.39 is 23.3 Å². The van der Waals surface area contributed by atoms with E-state index in [0.29, 0.717) is 12.3 Å². The SMILES string of the molecule is COC(=O)[C@]1(Oc2ccc(C(F)(F)F)cc2)CCCN[C@@H]1CC1CC1. The number of hydrogen-bond acceptors (Lipinski definition) is 4. The molecule has 2 fully saturated rings. The van der Waals surface area contributed by atoms with Crippen molar-refractivity contribution < 1.29 is 27.4 Å². The van der Waals surface area contributed by atoms with Gasteiger partial charge in [0.2, 0.25) is 5.60 Å². The zero-order valence-corrected chi connectivity index (χ0v) is 14.1. The lowest BCUT2D eigenvalue weighted by molar-refractivity contribution is -0.165. The highest BCUT2D eigenvalue weighted by Gasteiger charge is 2.52. The normalized spacial score (nSPS) is 27.0. The highest BCUT2D eigenvalue weighted by Crippen LogP contribution is 2.40. The first-order valence-corrected chi connectivity index (χ1v) is 8.53. The molecule has 7 heteroatoms. The summed E-state index contributed by atoms with van der Waals surface area (Å²) < 4.78 is 49.2. The van der Waals surface area contributed by atoms with Crippen molar-refractivity contribution in [2.24, 2.45) is 5.92 Å². The second kappa shape index (κ2) is 6.86. The van der Waals surface area contributed by atoms with E-state index >= 15 is 0 Å². The van der Waals surface area contributed by atoms with Gasteiger partial charge in [-0.05, 0) is 49.6 Å². The molecule has 1 N–H and O–H groups in total. The third kappa shape index (κ3) is 3.92. The van der Waals surface area contributed by atoms with Crippen molar-refractivity contribution in [2.75, 3.05) is 13.7 Å². The monoisotopic (exact) mass is 357 g/mol. The molecule has 0 aromatic heterocycles. The van der Waals surface area contributed by atoms with E-state index in [-0.39, 0.29) is 11.8 Å². The molecule has 25 heavy (non-hydrogen) atoms. The summed E-state index contributed by atoms with van der Waals surface area (Å²) in [6.45, 7) is 0.784. The zero-order chi connectivity index (χ0) is 18.1. The average Bonchev–Trinajstić information content (AvgIpc) is 3.39. The molecule has 1 saturated carbocycles. The molecule has 4 nitrogen and oxygen atoms in total. The first-order valence-electron chi connectivity index (χ1n) is 8.53. The van der Waals surface area contributed by atoms with Gasteiger partial charge in [-0.1, -0.05) is 12.8 Å². The lowest BCUT2D eigenvalue weighted by Crippen LogP contribution is -2.63. The second-order valence-corrected chi connectivity index (χ2v) is 6.79. The maximum absolute atomic E-state index is 12.7. The smallest absolute Gasteiger partial charge is 0.416 e. The minimum Gasteiger partial charge on any atom is -0.474 e. The summed E-state index contributed by atoms with van der Waals surface area (Å²) in [5, 5.41) is 3.35. The fraction of sp³-hybridized carbons (Fsp3) is 0.611. The average molecular weight is 357 g/mol. The van der Waals surface area contributed by atoms with E-state index in [0.717, 1.165) is 44.4 Å². The van der Waals surface area contributed by atoms with Crippen molar-refractivity contribution in [3.63, 3.8) is 0 Å². The molecule has 1 aliphatic heterocycles. The molecular weight excluding hydrogens is 335 g/mol. The van der Waals surface area contributed by atoms with Gasteiger partial charge in [0.05, 0.1) is 18.7 Å². The Bertz CT molecular complexity index is 613. The molecule has 1 aliphatic carbocycles. The Balaban J connectivity index is 1.85. The number of rotatable bonds is 5. The van der Waals surface area contributed by atoms with Crippen molar-refractivity contribution in [3.8, 4) is 5.75 Å². The number of methoxy groups -OCH3 is 1. The highest BCUT2D eigenvalue weighted by molar-refractivity contribution is 5.81. The molecule has 138 valence electrons. The van der Waals surface area contributed by atoms with Crippen molar-refractivity contribution >= 4 is 5.97 Å². The van der Waals surface area contributed by atoms with E-state index in [4.69, 9.17) is 9.47 Å². The van der Waals surface area contributed by atoms with Crippen molar-refractivity contribution in [2.45, 2.75) is 49.9 Å². The maximum Gasteiger partial charge on any atom is 0.416 e. The fourth-order valence-corrected chi connectivity index (χ4v) is 3.43. The topological polar surface area (TPSA) is 47.6 Å². The molecule has 0 spiro atoms. The molecule has 1 aromatic rings. The Labute approximate surface area is 144 Å². The standard InChI is InChI=1S/C18H22F3NO3/c1-24-16(23)17(9-2-10-22-15(17)11-12-3-4-12)25-14-7-5-13(6-8-14)18(19,20)21/h5-8,12,15,22H,2-4,9-11H2,1H3/t15-,17+/m1/s1. The molecule has 0 bridgehead atoms. The quantitative estimate of drug-likeness (QED) is 0.819. The van der Waals surface area contributed by atoms with Gasteiger partial charge in [-0.25, -0.2) is 4.79 Å². The second-order valence-electron chi connectivity index (χ2n) is 6.79. The molecule has 1 aromatic carbocycles. The highest BCUT2D eigenvalue weighted by atomic mass is 19.4. The van der Waals surface area contributed by atoms with Gasteiger partial charge in [-0.2, -0.15) is 13.2 Å². The Morgan fingerprint density at radius 1 is 1.28 bits per heavy atom. The fourth-order valence-electron chi connectivity index (χ4n) is 3.43. The largest absolute Gasteiger partial charge is 0.474 e. The molecule has 0 unspecified atom stereocenters. The van der Waals surface area contributed by atoms with Crippen LogP contribution in [0.15, 0.2) is 24.3 Å². The van der Waals surface area contributed by atoms with Crippen LogP contribution < -0.4 is 10.1 Å². The number of piperidine rings is 1. The van der Waals surface area contributed by atoms with Crippen LogP contribution >= 0.6 is 0 Å². The number of halogens is 3. The van der Waals surface area contributed by atoms with Gasteiger partial charge in [0.1, 0.15) is 5.75 Å². The zero-order valence-electron chi connectivity index (χ0n) is 14.1. The molecule has 1 heterocycles. The molecule has 3 rings (SSSR count). The number of esters is 1. The van der Waals surface area contributed by atoms with Crippen LogP contribution in [-0.4, -0.2) is 31.3 Å². The minimum absolute atomic E-state index is 0.205. The van der Waals surface area contributed by atoms with E-state index in [1.165, 1.54) is 19.2 Å². The first-order chi connectivity index (χ1) is 11.8. The summed E-state index contributed by atoms with van der Waals surface area (Å²) in [5.74, 6) is 0.323. The number of alkyl halides is 3. The minimum atomic E-state index is -4.40. The van der Waals surface area contributed by atoms with Crippen LogP contribution in [0.5, 0.6) is 5.75 Å². The van der Waals surface area contributed by atoms with Gasteiger partial charge in [-0.3, -0.25) is 0 Å². The molecule has 0 radical (unpaired) electrons. The summed E-state index contributed by atoms with van der Waals surface area (Å²) in [6, 6.07) is 4.24.